The van der Waals surface area contributed by atoms with Gasteiger partial charge in [-0.1, -0.05) is 49.2 Å². The van der Waals surface area contributed by atoms with Crippen molar-refractivity contribution in [2.24, 2.45) is 0 Å². The molecule has 0 fully saturated rings. The Morgan fingerprint density at radius 1 is 1.27 bits per heavy atom. The summed E-state index contributed by atoms with van der Waals surface area (Å²) in [7, 11) is -2.93. The smallest absolute Gasteiger partial charge is 0.412 e. The van der Waals surface area contributed by atoms with Gasteiger partial charge in [0, 0.05) is 18.1 Å². The van der Waals surface area contributed by atoms with E-state index in [1.165, 1.54) is 16.8 Å². The zero-order valence-electron chi connectivity index (χ0n) is 17.3. The molecule has 2 aromatic carbocycles. The van der Waals surface area contributed by atoms with Crippen LogP contribution in [0.1, 0.15) is 26.3 Å². The summed E-state index contributed by atoms with van der Waals surface area (Å²) in [6.07, 6.45) is 0.149. The third kappa shape index (κ3) is 5.50. The molecule has 1 unspecified atom stereocenters. The van der Waals surface area contributed by atoms with Crippen LogP contribution in [-0.2, 0) is 11.0 Å². The van der Waals surface area contributed by atoms with Crippen molar-refractivity contribution in [3.63, 3.8) is 0 Å². The molecule has 1 aliphatic rings. The average Bonchev–Trinajstić information content (AvgIpc) is 3.02. The Morgan fingerprint density at radius 3 is 2.67 bits per heavy atom. The molecule has 2 aromatic rings. The molecule has 1 aliphatic heterocycles. The molecule has 0 aliphatic carbocycles. The zero-order chi connectivity index (χ0) is 21.8. The fourth-order valence-corrected chi connectivity index (χ4v) is 5.72. The van der Waals surface area contributed by atoms with E-state index in [1.807, 2.05) is 51.1 Å². The van der Waals surface area contributed by atoms with Crippen LogP contribution in [-0.4, -0.2) is 35.1 Å². The summed E-state index contributed by atoms with van der Waals surface area (Å²) in [5.74, 6) is 1.28. The molecule has 9 heteroatoms. The number of hydrogen-bond donors (Lipinski definition) is 2. The number of amides is 1. The summed E-state index contributed by atoms with van der Waals surface area (Å²) in [4.78, 5) is 13.1. The number of fused-ring (bicyclic) bond motifs is 1. The van der Waals surface area contributed by atoms with Crippen molar-refractivity contribution in [1.29, 1.82) is 0 Å². The van der Waals surface area contributed by atoms with E-state index < -0.39 is 13.5 Å². The zero-order valence-corrected chi connectivity index (χ0v) is 19.0. The van der Waals surface area contributed by atoms with Crippen LogP contribution in [0.15, 0.2) is 48.5 Å². The molecule has 0 radical (unpaired) electrons. The van der Waals surface area contributed by atoms with E-state index in [4.69, 9.17) is 9.26 Å². The summed E-state index contributed by atoms with van der Waals surface area (Å²) >= 11 is 1.17. The first-order valence-corrected chi connectivity index (χ1v) is 12.7. The van der Waals surface area contributed by atoms with Crippen LogP contribution in [0.5, 0.6) is 11.5 Å². The van der Waals surface area contributed by atoms with Crippen LogP contribution in [0.25, 0.3) is 0 Å². The Balaban J connectivity index is 1.62. The molecule has 7 nitrogen and oxygen atoms in total. The van der Waals surface area contributed by atoms with Gasteiger partial charge in [0.05, 0.1) is 17.9 Å². The molecule has 0 bridgehead atoms. The van der Waals surface area contributed by atoms with E-state index in [-0.39, 0.29) is 17.8 Å². The second-order valence-corrected chi connectivity index (χ2v) is 11.2. The predicted molar refractivity (Wildman–Crippen MR) is 121 cm³/mol. The summed E-state index contributed by atoms with van der Waals surface area (Å²) in [6, 6.07) is 14.6. The van der Waals surface area contributed by atoms with E-state index in [9.17, 15) is 14.5 Å². The molecular weight excluding hydrogens is 423 g/mol. The molecule has 1 heterocycles. The first-order chi connectivity index (χ1) is 14.2. The first kappa shape index (κ1) is 22.5. The van der Waals surface area contributed by atoms with Crippen LogP contribution in [0, 0.1) is 0 Å². The number of para-hydroxylation sites is 2. The van der Waals surface area contributed by atoms with Crippen molar-refractivity contribution < 1.29 is 23.7 Å². The minimum atomic E-state index is -2.93. The maximum Gasteiger partial charge on any atom is 0.412 e. The average molecular weight is 450 g/mol. The summed E-state index contributed by atoms with van der Waals surface area (Å²) in [5, 5.41) is 9.74. The lowest BCUT2D eigenvalue weighted by molar-refractivity contribution is 0.138. The molecule has 162 valence electrons. The lowest BCUT2D eigenvalue weighted by atomic mass is 10.0. The van der Waals surface area contributed by atoms with Crippen LogP contribution >= 0.6 is 19.3 Å². The molecule has 0 saturated carbocycles. The molecule has 1 amide bonds. The third-order valence-electron chi connectivity index (χ3n) is 4.69. The highest BCUT2D eigenvalue weighted by Gasteiger charge is 2.34. The van der Waals surface area contributed by atoms with Crippen molar-refractivity contribution in [3.8, 4) is 11.5 Å². The number of nitrogens with zero attached hydrogens (tertiary/aromatic N) is 1. The van der Waals surface area contributed by atoms with E-state index in [0.717, 1.165) is 12.0 Å². The Bertz CT molecular complexity index is 938. The van der Waals surface area contributed by atoms with Crippen molar-refractivity contribution in [1.82, 2.24) is 4.72 Å². The van der Waals surface area contributed by atoms with Gasteiger partial charge in [-0.25, -0.2) is 4.79 Å². The predicted octanol–water partition coefficient (Wildman–Crippen LogP) is 5.41. The number of ether oxygens (including phenoxy) is 1. The van der Waals surface area contributed by atoms with E-state index >= 15 is 0 Å². The summed E-state index contributed by atoms with van der Waals surface area (Å²) in [5.41, 5.74) is 1.14. The van der Waals surface area contributed by atoms with Crippen molar-refractivity contribution in [2.45, 2.75) is 32.8 Å². The molecule has 2 N–H and O–H groups in total. The monoisotopic (exact) mass is 450 g/mol. The topological polar surface area (TPSA) is 88.1 Å². The minimum Gasteiger partial charge on any atom is -0.485 e. The highest BCUT2D eigenvalue weighted by Crippen LogP contribution is 2.46. The van der Waals surface area contributed by atoms with Gasteiger partial charge in [-0.05, 0) is 32.0 Å². The number of benzene rings is 2. The van der Waals surface area contributed by atoms with Gasteiger partial charge >= 0.3 is 6.09 Å². The van der Waals surface area contributed by atoms with Gasteiger partial charge in [0.15, 0.2) is 0 Å². The van der Waals surface area contributed by atoms with E-state index in [1.54, 1.807) is 18.2 Å². The largest absolute Gasteiger partial charge is 0.485 e. The van der Waals surface area contributed by atoms with Crippen molar-refractivity contribution in [2.75, 3.05) is 23.2 Å². The Hall–Kier alpha value is -2.15. The number of nitrogens with one attached hydrogen (secondary N) is 1. The summed E-state index contributed by atoms with van der Waals surface area (Å²) in [6.45, 7) is 5.77. The Labute approximate surface area is 181 Å². The highest BCUT2D eigenvalue weighted by molar-refractivity contribution is 7.97. The van der Waals surface area contributed by atoms with Gasteiger partial charge in [-0.2, -0.15) is 0 Å². The molecular formula is C21H27N2O5PS. The molecule has 0 saturated heterocycles. The summed E-state index contributed by atoms with van der Waals surface area (Å²) < 4.78 is 27.7. The van der Waals surface area contributed by atoms with Gasteiger partial charge < -0.3 is 14.4 Å². The standard InChI is InChI=1S/C21H27N2O5PS/c1-4-29(26,28-17-10-6-5-7-11-17)14-22-30-15-23(20(24)25)18-12-8-9-16-13-21(2,3)27-19(16)18/h5-12,22H,4,13-15H2,1-3H3,(H,24,25). The number of rotatable bonds is 9. The highest BCUT2D eigenvalue weighted by atomic mass is 32.2. The maximum atomic E-state index is 13.0. The second kappa shape index (κ2) is 9.33. The van der Waals surface area contributed by atoms with Crippen molar-refractivity contribution >= 4 is 31.1 Å². The van der Waals surface area contributed by atoms with E-state index in [0.29, 0.717) is 23.3 Å². The number of carboxylic acid groups (broad SMARTS) is 1. The number of hydrogen-bond acceptors (Lipinski definition) is 6. The minimum absolute atomic E-state index is 0.116. The molecule has 0 aromatic heterocycles. The number of carbonyl (C=O) groups is 1. The van der Waals surface area contributed by atoms with Crippen LogP contribution in [0.4, 0.5) is 10.5 Å². The van der Waals surface area contributed by atoms with Crippen LogP contribution < -0.4 is 18.9 Å². The Kier molecular flexibility index (Phi) is 7.01. The molecule has 1 atom stereocenters. The molecule has 30 heavy (non-hydrogen) atoms. The fraction of sp³-hybridized carbons (Fsp3) is 0.381. The lowest BCUT2D eigenvalue weighted by Crippen LogP contribution is -2.31. The van der Waals surface area contributed by atoms with Gasteiger partial charge in [0.25, 0.3) is 7.37 Å². The lowest BCUT2D eigenvalue weighted by Gasteiger charge is -2.24. The van der Waals surface area contributed by atoms with Gasteiger partial charge in [0.2, 0.25) is 0 Å². The van der Waals surface area contributed by atoms with Crippen LogP contribution in [0.3, 0.4) is 0 Å². The first-order valence-electron chi connectivity index (χ1n) is 9.72. The van der Waals surface area contributed by atoms with Crippen molar-refractivity contribution in [3.05, 3.63) is 54.1 Å². The van der Waals surface area contributed by atoms with Gasteiger partial charge in [-0.15, -0.1) is 0 Å². The normalized spacial score (nSPS) is 16.2. The van der Waals surface area contributed by atoms with Crippen LogP contribution in [0.2, 0.25) is 0 Å². The van der Waals surface area contributed by atoms with Gasteiger partial charge in [-0.3, -0.25) is 14.2 Å². The van der Waals surface area contributed by atoms with Gasteiger partial charge in [0.1, 0.15) is 17.1 Å². The number of anilines is 1. The second-order valence-electron chi connectivity index (χ2n) is 7.63. The SMILES string of the molecule is CCP(=O)(CNSCN(C(=O)O)c1cccc2c1OC(C)(C)C2)Oc1ccccc1. The van der Waals surface area contributed by atoms with E-state index in [2.05, 4.69) is 4.72 Å². The fourth-order valence-electron chi connectivity index (χ4n) is 3.18. The quantitative estimate of drug-likeness (QED) is 0.228. The maximum absolute atomic E-state index is 13.0. The Morgan fingerprint density at radius 2 is 2.00 bits per heavy atom. The molecule has 0 spiro atoms. The third-order valence-corrected chi connectivity index (χ3v) is 7.79. The molecule has 3 rings (SSSR count).